The standard InChI is InChI=1S/C22H27ClN6O2S/c1-15-18(13-17-5-3-4-6-19(17)23)16(2)29-21(25-15)26-22(27-29)32-14-20(30)24-7-8-28-9-11-31-12-10-28/h3-6H,7-14H2,1-2H3,(H,24,30). The number of hydrogen-bond donors (Lipinski definition) is 1. The number of carbonyl (C=O) groups is 1. The normalized spacial score (nSPS) is 14.7. The summed E-state index contributed by atoms with van der Waals surface area (Å²) in [6.45, 7) is 8.80. The van der Waals surface area contributed by atoms with Gasteiger partial charge in [0.2, 0.25) is 11.1 Å². The maximum Gasteiger partial charge on any atom is 0.253 e. The van der Waals surface area contributed by atoms with Crippen molar-refractivity contribution >= 4 is 35.0 Å². The summed E-state index contributed by atoms with van der Waals surface area (Å²) in [5.74, 6) is 0.783. The molecule has 0 radical (unpaired) electrons. The van der Waals surface area contributed by atoms with Crippen molar-refractivity contribution < 1.29 is 9.53 Å². The number of carbonyl (C=O) groups excluding carboxylic acids is 1. The van der Waals surface area contributed by atoms with Gasteiger partial charge in [-0.3, -0.25) is 9.69 Å². The highest BCUT2D eigenvalue weighted by molar-refractivity contribution is 7.99. The Morgan fingerprint density at radius 1 is 1.22 bits per heavy atom. The molecule has 0 atom stereocenters. The first-order chi connectivity index (χ1) is 15.5. The zero-order chi connectivity index (χ0) is 22.5. The molecule has 1 aliphatic heterocycles. The van der Waals surface area contributed by atoms with Crippen LogP contribution in [0.5, 0.6) is 0 Å². The van der Waals surface area contributed by atoms with E-state index in [1.165, 1.54) is 11.8 Å². The molecule has 0 saturated carbocycles. The second kappa shape index (κ2) is 10.6. The highest BCUT2D eigenvalue weighted by Gasteiger charge is 2.16. The van der Waals surface area contributed by atoms with Crippen LogP contribution in [0.3, 0.4) is 0 Å². The molecule has 1 aromatic carbocycles. The smallest absolute Gasteiger partial charge is 0.253 e. The molecule has 10 heteroatoms. The summed E-state index contributed by atoms with van der Waals surface area (Å²) >= 11 is 7.67. The van der Waals surface area contributed by atoms with Crippen molar-refractivity contribution in [2.75, 3.05) is 45.1 Å². The molecule has 3 heterocycles. The van der Waals surface area contributed by atoms with Crippen molar-refractivity contribution in [3.63, 3.8) is 0 Å². The van der Waals surface area contributed by atoms with Gasteiger partial charge in [0, 0.05) is 49.0 Å². The predicted molar refractivity (Wildman–Crippen MR) is 126 cm³/mol. The van der Waals surface area contributed by atoms with Gasteiger partial charge >= 0.3 is 0 Å². The van der Waals surface area contributed by atoms with Crippen LogP contribution in [-0.4, -0.2) is 75.5 Å². The molecule has 1 N–H and O–H groups in total. The van der Waals surface area contributed by atoms with Crippen LogP contribution in [0.4, 0.5) is 0 Å². The lowest BCUT2D eigenvalue weighted by atomic mass is 10.0. The number of hydrogen-bond acceptors (Lipinski definition) is 7. The van der Waals surface area contributed by atoms with Crippen LogP contribution < -0.4 is 5.32 Å². The van der Waals surface area contributed by atoms with Crippen LogP contribution in [0.25, 0.3) is 5.78 Å². The Hall–Kier alpha value is -2.20. The van der Waals surface area contributed by atoms with E-state index in [-0.39, 0.29) is 11.7 Å². The van der Waals surface area contributed by atoms with Gasteiger partial charge in [-0.05, 0) is 31.0 Å². The van der Waals surface area contributed by atoms with Gasteiger partial charge in [-0.2, -0.15) is 4.98 Å². The Balaban J connectivity index is 1.37. The third kappa shape index (κ3) is 5.58. The summed E-state index contributed by atoms with van der Waals surface area (Å²) in [6, 6.07) is 7.82. The molecular weight excluding hydrogens is 448 g/mol. The van der Waals surface area contributed by atoms with Gasteiger partial charge in [0.25, 0.3) is 5.78 Å². The number of benzene rings is 1. The monoisotopic (exact) mass is 474 g/mol. The maximum atomic E-state index is 12.2. The molecule has 4 rings (SSSR count). The summed E-state index contributed by atoms with van der Waals surface area (Å²) in [7, 11) is 0. The fourth-order valence-corrected chi connectivity index (χ4v) is 4.55. The number of aryl methyl sites for hydroxylation is 2. The second-order valence-electron chi connectivity index (χ2n) is 7.73. The summed E-state index contributed by atoms with van der Waals surface area (Å²) < 4.78 is 7.09. The van der Waals surface area contributed by atoms with E-state index < -0.39 is 0 Å². The van der Waals surface area contributed by atoms with Crippen LogP contribution in [0.15, 0.2) is 29.4 Å². The zero-order valence-electron chi connectivity index (χ0n) is 18.3. The third-order valence-electron chi connectivity index (χ3n) is 5.54. The van der Waals surface area contributed by atoms with E-state index in [1.54, 1.807) is 4.52 Å². The van der Waals surface area contributed by atoms with Crippen LogP contribution in [-0.2, 0) is 16.0 Å². The number of rotatable bonds is 8. The largest absolute Gasteiger partial charge is 0.379 e. The van der Waals surface area contributed by atoms with Crippen molar-refractivity contribution in [2.45, 2.75) is 25.4 Å². The Morgan fingerprint density at radius 2 is 2.00 bits per heavy atom. The number of fused-ring (bicyclic) bond motifs is 1. The SMILES string of the molecule is Cc1nc2nc(SCC(=O)NCCN3CCOCC3)nn2c(C)c1Cc1ccccc1Cl. The highest BCUT2D eigenvalue weighted by atomic mass is 35.5. The molecule has 3 aromatic rings. The Morgan fingerprint density at radius 3 is 2.78 bits per heavy atom. The van der Waals surface area contributed by atoms with Crippen LogP contribution >= 0.6 is 23.4 Å². The van der Waals surface area contributed by atoms with E-state index in [4.69, 9.17) is 16.3 Å². The number of aromatic nitrogens is 4. The number of morpholine rings is 1. The fourth-order valence-electron chi connectivity index (χ4n) is 3.70. The lowest BCUT2D eigenvalue weighted by Crippen LogP contribution is -2.41. The van der Waals surface area contributed by atoms with Crippen LogP contribution in [0, 0.1) is 13.8 Å². The summed E-state index contributed by atoms with van der Waals surface area (Å²) in [5.41, 5.74) is 4.00. The fraction of sp³-hybridized carbons (Fsp3) is 0.455. The minimum absolute atomic E-state index is 0.0256. The lowest BCUT2D eigenvalue weighted by molar-refractivity contribution is -0.118. The van der Waals surface area contributed by atoms with Crippen LogP contribution in [0.1, 0.15) is 22.5 Å². The molecule has 1 aliphatic rings. The van der Waals surface area contributed by atoms with Crippen molar-refractivity contribution in [3.8, 4) is 0 Å². The van der Waals surface area contributed by atoms with E-state index in [0.717, 1.165) is 60.4 Å². The molecule has 170 valence electrons. The third-order valence-corrected chi connectivity index (χ3v) is 6.75. The molecule has 1 amide bonds. The predicted octanol–water partition coefficient (Wildman–Crippen LogP) is 2.53. The van der Waals surface area contributed by atoms with Gasteiger partial charge < -0.3 is 10.1 Å². The first-order valence-corrected chi connectivity index (χ1v) is 12.0. The van der Waals surface area contributed by atoms with E-state index in [1.807, 2.05) is 38.1 Å². The minimum atomic E-state index is -0.0256. The molecule has 8 nitrogen and oxygen atoms in total. The van der Waals surface area contributed by atoms with Gasteiger partial charge in [-0.1, -0.05) is 41.6 Å². The highest BCUT2D eigenvalue weighted by Crippen LogP contribution is 2.23. The van der Waals surface area contributed by atoms with E-state index >= 15 is 0 Å². The quantitative estimate of drug-likeness (QED) is 0.502. The van der Waals surface area contributed by atoms with Gasteiger partial charge in [0.1, 0.15) is 0 Å². The average molecular weight is 475 g/mol. The Bertz CT molecular complexity index is 1100. The number of nitrogens with one attached hydrogen (secondary N) is 1. The molecule has 0 unspecified atom stereocenters. The van der Waals surface area contributed by atoms with Gasteiger partial charge in [0.15, 0.2) is 0 Å². The molecule has 32 heavy (non-hydrogen) atoms. The van der Waals surface area contributed by atoms with Crippen molar-refractivity contribution in [3.05, 3.63) is 51.8 Å². The molecule has 1 fully saturated rings. The lowest BCUT2D eigenvalue weighted by Gasteiger charge is -2.26. The average Bonchev–Trinajstić information content (AvgIpc) is 3.20. The topological polar surface area (TPSA) is 84.7 Å². The second-order valence-corrected chi connectivity index (χ2v) is 9.08. The first kappa shape index (κ1) is 23.0. The number of nitrogens with zero attached hydrogens (tertiary/aromatic N) is 5. The molecule has 1 saturated heterocycles. The summed E-state index contributed by atoms with van der Waals surface area (Å²) in [4.78, 5) is 23.6. The molecular formula is C22H27ClN6O2S. The minimum Gasteiger partial charge on any atom is -0.379 e. The zero-order valence-corrected chi connectivity index (χ0v) is 19.9. The number of amides is 1. The van der Waals surface area contributed by atoms with E-state index in [2.05, 4.69) is 25.3 Å². The number of halogens is 1. The van der Waals surface area contributed by atoms with Crippen LogP contribution in [0.2, 0.25) is 5.02 Å². The van der Waals surface area contributed by atoms with Gasteiger partial charge in [0.05, 0.1) is 19.0 Å². The van der Waals surface area contributed by atoms with Crippen molar-refractivity contribution in [2.24, 2.45) is 0 Å². The van der Waals surface area contributed by atoms with Crippen molar-refractivity contribution in [1.29, 1.82) is 0 Å². The van der Waals surface area contributed by atoms with Gasteiger partial charge in [-0.25, -0.2) is 9.50 Å². The summed E-state index contributed by atoms with van der Waals surface area (Å²) in [6.07, 6.45) is 0.675. The van der Waals surface area contributed by atoms with Gasteiger partial charge in [-0.15, -0.1) is 5.10 Å². The Labute approximate surface area is 196 Å². The van der Waals surface area contributed by atoms with Crippen molar-refractivity contribution in [1.82, 2.24) is 29.8 Å². The summed E-state index contributed by atoms with van der Waals surface area (Å²) in [5, 5.41) is 8.82. The molecule has 0 bridgehead atoms. The van der Waals surface area contributed by atoms with E-state index in [0.29, 0.717) is 23.9 Å². The molecule has 0 spiro atoms. The first-order valence-electron chi connectivity index (χ1n) is 10.7. The molecule has 2 aromatic heterocycles. The number of ether oxygens (including phenoxy) is 1. The number of thioether (sulfide) groups is 1. The molecule has 0 aliphatic carbocycles. The maximum absolute atomic E-state index is 12.2. The van der Waals surface area contributed by atoms with E-state index in [9.17, 15) is 4.79 Å². The Kier molecular flexibility index (Phi) is 7.62.